The van der Waals surface area contributed by atoms with Crippen LogP contribution in [0, 0.1) is 0 Å². The third-order valence-electron chi connectivity index (χ3n) is 19.9. The Hall–Kier alpha value is -4.93. The number of unbranched alkanes of at least 4 members (excludes halogenated alkanes) is 23. The Bertz CT molecular complexity index is 2860. The number of allylic oxidation sites excluding steroid dienone is 4. The summed E-state index contributed by atoms with van der Waals surface area (Å²) in [5, 5.41) is 145. The van der Waals surface area contributed by atoms with Gasteiger partial charge in [0.25, 0.3) is 0 Å². The smallest absolute Gasteiger partial charge is 0.474 e. The molecule has 36 heteroatoms. The molecule has 0 bridgehead atoms. The summed E-state index contributed by atoms with van der Waals surface area (Å²) < 4.78 is 74.3. The van der Waals surface area contributed by atoms with Gasteiger partial charge < -0.3 is 115 Å². The summed E-state index contributed by atoms with van der Waals surface area (Å²) in [7, 11) is -3.22. The molecule has 10 unspecified atom stereocenters. The van der Waals surface area contributed by atoms with Crippen molar-refractivity contribution in [3.8, 4) is 0 Å². The summed E-state index contributed by atoms with van der Waals surface area (Å²) in [6, 6.07) is -1.54. The maximum Gasteiger partial charge on any atom is 0.474 e. The molecule has 0 aromatic rings. The van der Waals surface area contributed by atoms with Crippen LogP contribution in [0.4, 0.5) is 0 Å². The summed E-state index contributed by atoms with van der Waals surface area (Å²) in [4.78, 5) is 103. The first kappa shape index (κ1) is 103. The minimum Gasteiger partial charge on any atom is -0.479 e. The lowest BCUT2D eigenvalue weighted by atomic mass is 9.91. The van der Waals surface area contributed by atoms with Crippen molar-refractivity contribution < 1.29 is 161 Å². The zero-order valence-electron chi connectivity index (χ0n) is 67.2. The third-order valence-corrected chi connectivity index (χ3v) is 21.3. The minimum atomic E-state index is -4.31. The lowest BCUT2D eigenvalue weighted by molar-refractivity contribution is -0.405. The van der Waals surface area contributed by atoms with Crippen molar-refractivity contribution in [2.24, 2.45) is 0 Å². The number of aliphatic carboxylic acids is 2. The van der Waals surface area contributed by atoms with E-state index in [-0.39, 0.29) is 70.4 Å². The summed E-state index contributed by atoms with van der Waals surface area (Å²) in [5.74, 6) is -7.65. The van der Waals surface area contributed by atoms with Crippen molar-refractivity contribution >= 4 is 55.1 Å². The van der Waals surface area contributed by atoms with Crippen LogP contribution in [-0.2, 0) is 94.4 Å². The number of aliphatic hydroxyl groups excluding tert-OH is 10. The summed E-state index contributed by atoms with van der Waals surface area (Å²) in [6.07, 6.45) is -3.82. The Morgan fingerprint density at radius 1 is 0.526 bits per heavy atom. The average molecular weight is 1660 g/mol. The van der Waals surface area contributed by atoms with Gasteiger partial charge in [0.05, 0.1) is 32.5 Å². The number of aliphatic hydroxyl groups is 11. The van der Waals surface area contributed by atoms with Gasteiger partial charge in [0, 0.05) is 59.5 Å². The van der Waals surface area contributed by atoms with E-state index in [2.05, 4.69) is 43.5 Å². The van der Waals surface area contributed by atoms with Gasteiger partial charge in [-0.3, -0.25) is 42.3 Å². The van der Waals surface area contributed by atoms with Gasteiger partial charge in [0.1, 0.15) is 91.4 Å². The average Bonchev–Trinajstić information content (AvgIpc) is 0.743. The normalized spacial score (nSPS) is 26.5. The Morgan fingerprint density at radius 2 is 1.01 bits per heavy atom. The van der Waals surface area contributed by atoms with E-state index in [0.717, 1.165) is 98.0 Å². The number of esters is 2. The van der Waals surface area contributed by atoms with Crippen LogP contribution in [0.1, 0.15) is 259 Å². The molecule has 0 radical (unpaired) electrons. The van der Waals surface area contributed by atoms with E-state index in [1.54, 1.807) is 0 Å². The van der Waals surface area contributed by atoms with E-state index in [1.165, 1.54) is 77.0 Å². The molecule has 3 aliphatic heterocycles. The number of carbonyl (C=O) groups excluding carboxylic acids is 6. The predicted octanol–water partition coefficient (Wildman–Crippen LogP) is 5.26. The van der Waals surface area contributed by atoms with Gasteiger partial charge in [-0.2, -0.15) is 0 Å². The van der Waals surface area contributed by atoms with Gasteiger partial charge in [0.15, 0.2) is 30.9 Å². The van der Waals surface area contributed by atoms with E-state index in [0.29, 0.717) is 12.8 Å². The number of carboxylic acids is 2. The lowest BCUT2D eigenvalue weighted by Crippen LogP contribution is -2.76. The first-order chi connectivity index (χ1) is 54.4. The van der Waals surface area contributed by atoms with Crippen LogP contribution >= 0.6 is 7.82 Å². The molecule has 0 saturated carbocycles. The Balaban J connectivity index is 1.58. The molecular formula is C78H135N2O33P. The van der Waals surface area contributed by atoms with Crippen LogP contribution in [0.3, 0.4) is 0 Å². The molecule has 114 heavy (non-hydrogen) atoms. The highest BCUT2D eigenvalue weighted by Gasteiger charge is 2.63. The molecule has 3 aliphatic rings. The van der Waals surface area contributed by atoms with Crippen LogP contribution in [0.2, 0.25) is 0 Å². The molecule has 3 fully saturated rings. The number of Topliss-reactive ketones (excluding diaryl/α,β-unsaturated/α-hetero) is 2. The fourth-order valence-electron chi connectivity index (χ4n) is 13.3. The molecule has 21 atom stereocenters. The van der Waals surface area contributed by atoms with Gasteiger partial charge >= 0.3 is 31.7 Å². The Morgan fingerprint density at radius 3 is 1.51 bits per heavy atom. The zero-order valence-corrected chi connectivity index (χ0v) is 68.1. The van der Waals surface area contributed by atoms with E-state index in [1.807, 2.05) is 5.32 Å². The molecule has 0 aromatic heterocycles. The number of ether oxygens (including phenoxy) is 8. The summed E-state index contributed by atoms with van der Waals surface area (Å²) in [5.41, 5.74) is -3.36. The van der Waals surface area contributed by atoms with Crippen LogP contribution in [-0.4, -0.2) is 276 Å². The highest BCUT2D eigenvalue weighted by atomic mass is 31.2. The first-order valence-corrected chi connectivity index (χ1v) is 42.3. The molecule has 3 heterocycles. The van der Waals surface area contributed by atoms with Gasteiger partial charge in [-0.05, 0) is 89.9 Å². The molecule has 15 N–H and O–H groups in total. The number of ketones is 2. The zero-order chi connectivity index (χ0) is 84.6. The number of carboxylic acid groups (broad SMARTS) is 2. The van der Waals surface area contributed by atoms with Crippen molar-refractivity contribution in [2.45, 2.75) is 381 Å². The Kier molecular flexibility index (Phi) is 52.6. The van der Waals surface area contributed by atoms with Crippen LogP contribution in [0.15, 0.2) is 24.3 Å². The van der Waals surface area contributed by atoms with Gasteiger partial charge in [-0.25, -0.2) is 14.2 Å². The molecule has 0 spiro atoms. The predicted molar refractivity (Wildman–Crippen MR) is 408 cm³/mol. The number of hydrogen-bond donors (Lipinski definition) is 15. The highest BCUT2D eigenvalue weighted by Crippen LogP contribution is 2.49. The topological polar surface area (TPSA) is 542 Å². The van der Waals surface area contributed by atoms with Crippen molar-refractivity contribution in [1.82, 2.24) is 10.6 Å². The molecule has 0 aliphatic carbocycles. The van der Waals surface area contributed by atoms with E-state index in [9.17, 15) is 109 Å². The maximum absolute atomic E-state index is 13.6. The summed E-state index contributed by atoms with van der Waals surface area (Å²) in [6.45, 7) is 2.73. The molecule has 3 saturated heterocycles. The number of phosphoric acid groups is 1. The quantitative estimate of drug-likeness (QED) is 0.0121. The van der Waals surface area contributed by atoms with E-state index < -0.39 is 204 Å². The van der Waals surface area contributed by atoms with Gasteiger partial charge in [-0.1, -0.05) is 141 Å². The lowest BCUT2D eigenvalue weighted by Gasteiger charge is -2.52. The SMILES string of the molecule is CCCCCCCC/C=C/CCCCCCCC(=O)OCC(COP(=O)(OC)OCCCC(=O)CCCCC(=O)CCC(NC(C)=O)[C@@H](O[C@@H]1OC(C(=O)O)[C@@H](O[C@@H]2OC(CO)[C@@H](O)C(O[C@@H]3OC(C(=O)O)[C@@H](O)[C@H](O)C3O)[C@]2(O)NC(C)=O)[C@H](O)C1O)[C@H](O)C(O)CO)OC(=O)CCCCCCC/C=C/CCCCCCCC. The van der Waals surface area contributed by atoms with E-state index in [4.69, 9.17) is 51.5 Å². The number of amides is 2. The van der Waals surface area contributed by atoms with Crippen molar-refractivity contribution in [1.29, 1.82) is 0 Å². The molecule has 0 aromatic carbocycles. The molecular weight excluding hydrogens is 1520 g/mol. The maximum atomic E-state index is 13.6. The Labute approximate surface area is 669 Å². The standard InChI is InChI=1S/C78H135N2O33P/c1-6-8-10-12-14-16-18-20-22-24-26-28-30-32-34-42-59(88)104-49-55(107-60(89)43-35-33-31-29-27-25-23-21-19-17-15-13-11-9-7-2)50-106-114(102,103-5)105-46-38-41-53(85)39-36-37-40-54(86)44-45-56(79-51(3)83)68(61(90)57(87)47-81)109-75-67(96)65(94)69(71(111-75)74(99)100)112-77-78(101,80-52(4)84)72(62(91)58(48-82)108-77)113-76-66(95)63(92)64(93)70(110-76)73(97)98/h20-23,55-58,61-72,75-77,81-82,87,90-96,101H,6-19,24-50H2,1-5H3,(H,79,83)(H,80,84)(H,97,98)(H,99,100)/b22-20+,23-21+/t55?,56?,57?,58?,61-,62-,63+,64+,65-,66?,67?,68-,69+,70?,71?,72?,75-,76+,77+,78-,114?/m1/s1. The number of rotatable bonds is 65. The van der Waals surface area contributed by atoms with Crippen LogP contribution < -0.4 is 10.6 Å². The van der Waals surface area contributed by atoms with Crippen molar-refractivity contribution in [3.05, 3.63) is 24.3 Å². The van der Waals surface area contributed by atoms with Crippen molar-refractivity contribution in [3.63, 3.8) is 0 Å². The van der Waals surface area contributed by atoms with Gasteiger partial charge in [0.2, 0.25) is 23.8 Å². The van der Waals surface area contributed by atoms with Crippen molar-refractivity contribution in [2.75, 3.05) is 40.1 Å². The molecule has 35 nitrogen and oxygen atoms in total. The molecule has 660 valence electrons. The third kappa shape index (κ3) is 38.9. The second-order valence-corrected chi connectivity index (χ2v) is 31.4. The summed E-state index contributed by atoms with van der Waals surface area (Å²) >= 11 is 0. The largest absolute Gasteiger partial charge is 0.479 e. The number of carbonyl (C=O) groups is 8. The number of nitrogens with one attached hydrogen (secondary N) is 2. The molecule has 2 amide bonds. The van der Waals surface area contributed by atoms with E-state index >= 15 is 0 Å². The monoisotopic (exact) mass is 1660 g/mol. The van der Waals surface area contributed by atoms with Crippen LogP contribution in [0.5, 0.6) is 0 Å². The second-order valence-electron chi connectivity index (χ2n) is 29.6. The fraction of sp³-hybridized carbons (Fsp3) is 0.846. The minimum absolute atomic E-state index is 0.000901. The fourth-order valence-corrected chi connectivity index (χ4v) is 14.3. The van der Waals surface area contributed by atoms with Gasteiger partial charge in [-0.15, -0.1) is 0 Å². The highest BCUT2D eigenvalue weighted by molar-refractivity contribution is 7.48. The first-order valence-electron chi connectivity index (χ1n) is 40.9. The second kappa shape index (κ2) is 58.1. The molecule has 3 rings (SSSR count). The van der Waals surface area contributed by atoms with Crippen LogP contribution in [0.25, 0.3) is 0 Å². The number of hydrogen-bond acceptors (Lipinski definition) is 31. The number of phosphoric ester groups is 1.